The van der Waals surface area contributed by atoms with Crippen molar-refractivity contribution in [2.45, 2.75) is 51.7 Å². The minimum absolute atomic E-state index is 0.0755. The Morgan fingerprint density at radius 1 is 1.56 bits per heavy atom. The highest BCUT2D eigenvalue weighted by atomic mass is 32.2. The Kier molecular flexibility index (Phi) is 6.27. The molecule has 0 aromatic rings. The van der Waals surface area contributed by atoms with E-state index in [1.165, 1.54) is 12.8 Å². The van der Waals surface area contributed by atoms with E-state index in [4.69, 9.17) is 4.74 Å². The van der Waals surface area contributed by atoms with Crippen molar-refractivity contribution in [1.29, 1.82) is 0 Å². The molecule has 0 saturated carbocycles. The van der Waals surface area contributed by atoms with Crippen molar-refractivity contribution in [1.82, 2.24) is 0 Å². The molecule has 3 heteroatoms. The van der Waals surface area contributed by atoms with Gasteiger partial charge < -0.3 is 4.74 Å². The van der Waals surface area contributed by atoms with Crippen LogP contribution in [0.5, 0.6) is 0 Å². The lowest BCUT2D eigenvalue weighted by atomic mass is 9.83. The van der Waals surface area contributed by atoms with Crippen LogP contribution < -0.4 is 0 Å². The average Bonchev–Trinajstić information content (AvgIpc) is 2.29. The molecule has 2 nitrogen and oxygen atoms in total. The van der Waals surface area contributed by atoms with Gasteiger partial charge >= 0.3 is 5.97 Å². The molecular formula is C15H26O2S. The van der Waals surface area contributed by atoms with Crippen LogP contribution in [-0.4, -0.2) is 23.1 Å². The fourth-order valence-corrected chi connectivity index (χ4v) is 3.41. The van der Waals surface area contributed by atoms with Gasteiger partial charge in [0.25, 0.3) is 0 Å². The second-order valence-electron chi connectivity index (χ2n) is 5.52. The van der Waals surface area contributed by atoms with E-state index in [0.29, 0.717) is 13.0 Å². The predicted octanol–water partition coefficient (Wildman–Crippen LogP) is 4.05. The lowest BCUT2D eigenvalue weighted by Gasteiger charge is -2.33. The maximum atomic E-state index is 11.3. The molecule has 18 heavy (non-hydrogen) atoms. The number of rotatable bonds is 6. The Balaban J connectivity index is 2.34. The molecule has 0 aromatic carbocycles. The number of thioether (sulfide) groups is 1. The minimum Gasteiger partial charge on any atom is -0.466 e. The van der Waals surface area contributed by atoms with Crippen molar-refractivity contribution >= 4 is 17.7 Å². The standard InChI is InChI=1S/C15H26O2S/c1-5-17-14(16)8-11-18-15(4)9-6-13(7-10-15)12(2)3/h6,9,12-13H,5,7-8,10-11H2,1-4H3. The first-order valence-corrected chi connectivity index (χ1v) is 7.94. The van der Waals surface area contributed by atoms with E-state index >= 15 is 0 Å². The molecule has 0 heterocycles. The summed E-state index contributed by atoms with van der Waals surface area (Å²) in [4.78, 5) is 11.3. The van der Waals surface area contributed by atoms with Crippen molar-refractivity contribution in [3.8, 4) is 0 Å². The highest BCUT2D eigenvalue weighted by molar-refractivity contribution is 8.00. The van der Waals surface area contributed by atoms with Crippen LogP contribution in [0.15, 0.2) is 12.2 Å². The van der Waals surface area contributed by atoms with E-state index in [9.17, 15) is 4.79 Å². The Bertz CT molecular complexity index is 299. The number of hydrogen-bond donors (Lipinski definition) is 0. The van der Waals surface area contributed by atoms with Crippen LogP contribution >= 0.6 is 11.8 Å². The molecule has 0 spiro atoms. The molecule has 0 bridgehead atoms. The molecule has 0 aromatic heterocycles. The molecule has 0 aliphatic heterocycles. The number of ether oxygens (including phenoxy) is 1. The third-order valence-corrected chi connectivity index (χ3v) is 4.98. The van der Waals surface area contributed by atoms with Crippen LogP contribution in [0.25, 0.3) is 0 Å². The van der Waals surface area contributed by atoms with E-state index < -0.39 is 0 Å². The third-order valence-electron chi connectivity index (χ3n) is 3.57. The molecule has 0 radical (unpaired) electrons. The van der Waals surface area contributed by atoms with Gasteiger partial charge in [-0.25, -0.2) is 0 Å². The van der Waals surface area contributed by atoms with E-state index in [1.54, 1.807) is 0 Å². The SMILES string of the molecule is CCOC(=O)CCSC1(C)C=CC(C(C)C)CC1. The van der Waals surface area contributed by atoms with Gasteiger partial charge in [-0.3, -0.25) is 4.79 Å². The number of carbonyl (C=O) groups excluding carboxylic acids is 1. The van der Waals surface area contributed by atoms with E-state index in [-0.39, 0.29) is 10.7 Å². The molecule has 0 fully saturated rings. The second kappa shape index (κ2) is 7.22. The molecule has 1 rings (SSSR count). The van der Waals surface area contributed by atoms with Gasteiger partial charge in [-0.1, -0.05) is 26.0 Å². The fourth-order valence-electron chi connectivity index (χ4n) is 2.24. The molecule has 1 aliphatic rings. The summed E-state index contributed by atoms with van der Waals surface area (Å²) in [5, 5.41) is 0. The van der Waals surface area contributed by atoms with Crippen LogP contribution in [0.1, 0.15) is 47.0 Å². The lowest BCUT2D eigenvalue weighted by Crippen LogP contribution is -2.25. The second-order valence-corrected chi connectivity index (χ2v) is 7.15. The summed E-state index contributed by atoms with van der Waals surface area (Å²) in [6.07, 6.45) is 7.70. The van der Waals surface area contributed by atoms with Gasteiger partial charge in [0.15, 0.2) is 0 Å². The van der Waals surface area contributed by atoms with Crippen LogP contribution in [0.4, 0.5) is 0 Å². The summed E-state index contributed by atoms with van der Waals surface area (Å²) in [5.74, 6) is 2.24. The first-order valence-electron chi connectivity index (χ1n) is 6.96. The summed E-state index contributed by atoms with van der Waals surface area (Å²) >= 11 is 1.88. The monoisotopic (exact) mass is 270 g/mol. The summed E-state index contributed by atoms with van der Waals surface area (Å²) in [6.45, 7) is 9.17. The van der Waals surface area contributed by atoms with E-state index in [0.717, 1.165) is 17.6 Å². The molecule has 0 N–H and O–H groups in total. The maximum Gasteiger partial charge on any atom is 0.306 e. The van der Waals surface area contributed by atoms with Gasteiger partial charge in [0.2, 0.25) is 0 Å². The summed E-state index contributed by atoms with van der Waals surface area (Å²) in [5.41, 5.74) is 0. The number of hydrogen-bond acceptors (Lipinski definition) is 3. The topological polar surface area (TPSA) is 26.3 Å². The first-order chi connectivity index (χ1) is 8.47. The summed E-state index contributed by atoms with van der Waals surface area (Å²) < 4.78 is 5.15. The molecule has 2 unspecified atom stereocenters. The van der Waals surface area contributed by atoms with Crippen molar-refractivity contribution in [3.63, 3.8) is 0 Å². The fraction of sp³-hybridized carbons (Fsp3) is 0.800. The van der Waals surface area contributed by atoms with Crippen LogP contribution in [0.3, 0.4) is 0 Å². The Morgan fingerprint density at radius 2 is 2.28 bits per heavy atom. The Hall–Kier alpha value is -0.440. The largest absolute Gasteiger partial charge is 0.466 e. The molecule has 104 valence electrons. The molecule has 2 atom stereocenters. The van der Waals surface area contributed by atoms with Crippen LogP contribution in [-0.2, 0) is 9.53 Å². The Labute approximate surface area is 116 Å². The molecule has 0 saturated heterocycles. The summed E-state index contributed by atoms with van der Waals surface area (Å²) in [7, 11) is 0. The zero-order valence-corrected chi connectivity index (χ0v) is 12.9. The minimum atomic E-state index is -0.0755. The van der Waals surface area contributed by atoms with Crippen LogP contribution in [0, 0.1) is 11.8 Å². The van der Waals surface area contributed by atoms with Crippen molar-refractivity contribution < 1.29 is 9.53 Å². The van der Waals surface area contributed by atoms with Gasteiger partial charge in [0.1, 0.15) is 0 Å². The van der Waals surface area contributed by atoms with Crippen molar-refractivity contribution in [2.24, 2.45) is 11.8 Å². The van der Waals surface area contributed by atoms with Gasteiger partial charge in [-0.15, -0.1) is 0 Å². The Morgan fingerprint density at radius 3 is 2.78 bits per heavy atom. The van der Waals surface area contributed by atoms with Crippen molar-refractivity contribution in [2.75, 3.05) is 12.4 Å². The quantitative estimate of drug-likeness (QED) is 0.538. The normalized spacial score (nSPS) is 27.5. The average molecular weight is 270 g/mol. The number of allylic oxidation sites excluding steroid dienone is 1. The zero-order chi connectivity index (χ0) is 13.6. The molecule has 0 amide bonds. The number of carbonyl (C=O) groups is 1. The third kappa shape index (κ3) is 5.05. The van der Waals surface area contributed by atoms with Crippen molar-refractivity contribution in [3.05, 3.63) is 12.2 Å². The molecule has 1 aliphatic carbocycles. The van der Waals surface area contributed by atoms with Gasteiger partial charge in [0.05, 0.1) is 13.0 Å². The van der Waals surface area contributed by atoms with E-state index in [1.807, 2.05) is 18.7 Å². The predicted molar refractivity (Wildman–Crippen MR) is 78.8 cm³/mol. The van der Waals surface area contributed by atoms with Gasteiger partial charge in [0, 0.05) is 10.5 Å². The van der Waals surface area contributed by atoms with Gasteiger partial charge in [-0.05, 0) is 38.5 Å². The highest BCUT2D eigenvalue weighted by Crippen LogP contribution is 2.39. The highest BCUT2D eigenvalue weighted by Gasteiger charge is 2.27. The maximum absolute atomic E-state index is 11.3. The number of esters is 1. The lowest BCUT2D eigenvalue weighted by molar-refractivity contribution is -0.142. The smallest absolute Gasteiger partial charge is 0.306 e. The first kappa shape index (κ1) is 15.6. The molecular weight excluding hydrogens is 244 g/mol. The van der Waals surface area contributed by atoms with E-state index in [2.05, 4.69) is 32.9 Å². The van der Waals surface area contributed by atoms with Crippen LogP contribution in [0.2, 0.25) is 0 Å². The summed E-state index contributed by atoms with van der Waals surface area (Å²) in [6, 6.07) is 0. The zero-order valence-electron chi connectivity index (χ0n) is 12.1. The van der Waals surface area contributed by atoms with Gasteiger partial charge in [-0.2, -0.15) is 11.8 Å².